The van der Waals surface area contributed by atoms with Gasteiger partial charge in [-0.1, -0.05) is 27.7 Å². The molecule has 2 heterocycles. The van der Waals surface area contributed by atoms with Crippen molar-refractivity contribution in [3.05, 3.63) is 17.5 Å². The Morgan fingerprint density at radius 1 is 1.42 bits per heavy atom. The Hall–Kier alpha value is -0.870. The van der Waals surface area contributed by atoms with Gasteiger partial charge in [0.05, 0.1) is 5.69 Å². The Morgan fingerprint density at radius 2 is 2.11 bits per heavy atom. The molecule has 1 atom stereocenters. The first kappa shape index (κ1) is 14.5. The van der Waals surface area contributed by atoms with Gasteiger partial charge in [-0.25, -0.2) is 0 Å². The van der Waals surface area contributed by atoms with E-state index in [0.29, 0.717) is 5.41 Å². The minimum absolute atomic E-state index is 0.105. The minimum Gasteiger partial charge on any atom is -0.330 e. The molecule has 0 amide bonds. The van der Waals surface area contributed by atoms with Crippen LogP contribution in [0.1, 0.15) is 45.4 Å². The van der Waals surface area contributed by atoms with Crippen LogP contribution >= 0.6 is 0 Å². The second kappa shape index (κ2) is 4.91. The highest BCUT2D eigenvalue weighted by Gasteiger charge is 2.33. The summed E-state index contributed by atoms with van der Waals surface area (Å²) in [4.78, 5) is 2.51. The first-order valence-electron chi connectivity index (χ1n) is 7.19. The normalized spacial score (nSPS) is 25.2. The molecule has 1 aromatic heterocycles. The SMILES string of the molecule is Cn1cc(CN2CCC(C)(CN)C2)c(C(C)(C)C)n1. The fourth-order valence-electron chi connectivity index (χ4n) is 2.95. The van der Waals surface area contributed by atoms with Gasteiger partial charge in [-0.05, 0) is 24.9 Å². The van der Waals surface area contributed by atoms with Crippen molar-refractivity contribution in [2.45, 2.75) is 46.1 Å². The van der Waals surface area contributed by atoms with E-state index >= 15 is 0 Å². The molecule has 1 aromatic rings. The van der Waals surface area contributed by atoms with E-state index in [2.05, 4.69) is 43.9 Å². The van der Waals surface area contributed by atoms with Crippen molar-refractivity contribution >= 4 is 0 Å². The second-order valence-electron chi connectivity index (χ2n) is 7.40. The summed E-state index contributed by atoms with van der Waals surface area (Å²) in [5, 5.41) is 4.65. The molecular weight excluding hydrogens is 236 g/mol. The van der Waals surface area contributed by atoms with Crippen LogP contribution in [0, 0.1) is 5.41 Å². The summed E-state index contributed by atoms with van der Waals surface area (Å²) < 4.78 is 1.94. The summed E-state index contributed by atoms with van der Waals surface area (Å²) in [6, 6.07) is 0. The molecule has 0 spiro atoms. The molecule has 0 aromatic carbocycles. The third-order valence-corrected chi connectivity index (χ3v) is 4.14. The summed E-state index contributed by atoms with van der Waals surface area (Å²) in [6.45, 7) is 13.0. The molecule has 4 heteroatoms. The van der Waals surface area contributed by atoms with Gasteiger partial charge < -0.3 is 5.73 Å². The maximum Gasteiger partial charge on any atom is 0.0722 e. The predicted octanol–water partition coefficient (Wildman–Crippen LogP) is 1.89. The molecule has 0 radical (unpaired) electrons. The number of aromatic nitrogens is 2. The van der Waals surface area contributed by atoms with Crippen LogP contribution in [0.4, 0.5) is 0 Å². The van der Waals surface area contributed by atoms with E-state index < -0.39 is 0 Å². The molecule has 2 N–H and O–H groups in total. The summed E-state index contributed by atoms with van der Waals surface area (Å²) in [5.74, 6) is 0. The van der Waals surface area contributed by atoms with Gasteiger partial charge in [0.15, 0.2) is 0 Å². The van der Waals surface area contributed by atoms with Crippen molar-refractivity contribution in [2.75, 3.05) is 19.6 Å². The zero-order chi connectivity index (χ0) is 14.3. The summed E-state index contributed by atoms with van der Waals surface area (Å²) in [7, 11) is 2.01. The molecule has 2 rings (SSSR count). The number of nitrogens with zero attached hydrogens (tertiary/aromatic N) is 3. The number of hydrogen-bond acceptors (Lipinski definition) is 3. The van der Waals surface area contributed by atoms with Crippen molar-refractivity contribution < 1.29 is 0 Å². The number of likely N-dealkylation sites (tertiary alicyclic amines) is 1. The van der Waals surface area contributed by atoms with E-state index in [1.54, 1.807) is 0 Å². The first-order valence-corrected chi connectivity index (χ1v) is 7.19. The lowest BCUT2D eigenvalue weighted by Gasteiger charge is -2.24. The molecule has 4 nitrogen and oxygen atoms in total. The summed E-state index contributed by atoms with van der Waals surface area (Å²) in [5.41, 5.74) is 8.86. The minimum atomic E-state index is 0.105. The Kier molecular flexibility index (Phi) is 3.76. The average Bonchev–Trinajstić information content (AvgIpc) is 2.83. The monoisotopic (exact) mass is 264 g/mol. The average molecular weight is 264 g/mol. The zero-order valence-electron chi connectivity index (χ0n) is 13.0. The third kappa shape index (κ3) is 3.18. The van der Waals surface area contributed by atoms with Gasteiger partial charge in [0.2, 0.25) is 0 Å². The quantitative estimate of drug-likeness (QED) is 0.907. The highest BCUT2D eigenvalue weighted by atomic mass is 15.3. The highest BCUT2D eigenvalue weighted by molar-refractivity contribution is 5.24. The van der Waals surface area contributed by atoms with Gasteiger partial charge in [0.25, 0.3) is 0 Å². The molecule has 1 saturated heterocycles. The molecule has 1 unspecified atom stereocenters. The van der Waals surface area contributed by atoms with Crippen LogP contribution in [0.3, 0.4) is 0 Å². The van der Waals surface area contributed by atoms with Crippen molar-refractivity contribution in [1.82, 2.24) is 14.7 Å². The first-order chi connectivity index (χ1) is 8.73. The van der Waals surface area contributed by atoms with Crippen LogP contribution in [0.25, 0.3) is 0 Å². The molecule has 1 fully saturated rings. The van der Waals surface area contributed by atoms with E-state index in [-0.39, 0.29) is 5.41 Å². The molecule has 0 saturated carbocycles. The molecule has 1 aliphatic rings. The lowest BCUT2D eigenvalue weighted by atomic mass is 9.89. The Balaban J connectivity index is 2.13. The standard InChI is InChI=1S/C15H28N4/c1-14(2,3)13-12(8-18(5)17-13)9-19-7-6-15(4,10-16)11-19/h8H,6-7,9-11,16H2,1-5H3. The van der Waals surface area contributed by atoms with Gasteiger partial charge in [-0.15, -0.1) is 0 Å². The fraction of sp³-hybridized carbons (Fsp3) is 0.800. The van der Waals surface area contributed by atoms with Crippen molar-refractivity contribution in [1.29, 1.82) is 0 Å². The summed E-state index contributed by atoms with van der Waals surface area (Å²) in [6.07, 6.45) is 3.37. The number of nitrogens with two attached hydrogens (primary N) is 1. The number of aryl methyl sites for hydroxylation is 1. The van der Waals surface area contributed by atoms with Gasteiger partial charge in [-0.3, -0.25) is 9.58 Å². The van der Waals surface area contributed by atoms with Crippen LogP contribution in [0.2, 0.25) is 0 Å². The maximum atomic E-state index is 5.88. The van der Waals surface area contributed by atoms with Gasteiger partial charge in [-0.2, -0.15) is 5.10 Å². The smallest absolute Gasteiger partial charge is 0.0722 e. The van der Waals surface area contributed by atoms with Gasteiger partial charge >= 0.3 is 0 Å². The Labute approximate surface area is 117 Å². The fourth-order valence-corrected chi connectivity index (χ4v) is 2.95. The van der Waals surface area contributed by atoms with Crippen LogP contribution in [0.15, 0.2) is 6.20 Å². The van der Waals surface area contributed by atoms with E-state index in [1.807, 2.05) is 11.7 Å². The van der Waals surface area contributed by atoms with E-state index in [0.717, 1.165) is 26.2 Å². The van der Waals surface area contributed by atoms with Gasteiger partial charge in [0.1, 0.15) is 0 Å². The lowest BCUT2D eigenvalue weighted by Crippen LogP contribution is -2.31. The zero-order valence-corrected chi connectivity index (χ0v) is 13.0. The van der Waals surface area contributed by atoms with Crippen LogP contribution in [-0.4, -0.2) is 34.3 Å². The molecule has 0 aliphatic carbocycles. The Bertz CT molecular complexity index is 443. The highest BCUT2D eigenvalue weighted by Crippen LogP contribution is 2.31. The largest absolute Gasteiger partial charge is 0.330 e. The molecule has 19 heavy (non-hydrogen) atoms. The van der Waals surface area contributed by atoms with Crippen molar-refractivity contribution in [3.8, 4) is 0 Å². The maximum absolute atomic E-state index is 5.88. The molecule has 0 bridgehead atoms. The van der Waals surface area contributed by atoms with Crippen molar-refractivity contribution in [2.24, 2.45) is 18.2 Å². The molecule has 108 valence electrons. The summed E-state index contributed by atoms with van der Waals surface area (Å²) >= 11 is 0. The number of hydrogen-bond donors (Lipinski definition) is 1. The number of rotatable bonds is 3. The van der Waals surface area contributed by atoms with Crippen LogP contribution < -0.4 is 5.73 Å². The van der Waals surface area contributed by atoms with Gasteiger partial charge in [0, 0.05) is 37.3 Å². The second-order valence-corrected chi connectivity index (χ2v) is 7.40. The Morgan fingerprint density at radius 3 is 2.63 bits per heavy atom. The lowest BCUT2D eigenvalue weighted by molar-refractivity contribution is 0.273. The topological polar surface area (TPSA) is 47.1 Å². The molecular formula is C15H28N4. The van der Waals surface area contributed by atoms with Crippen LogP contribution in [0.5, 0.6) is 0 Å². The van der Waals surface area contributed by atoms with Crippen molar-refractivity contribution in [3.63, 3.8) is 0 Å². The van der Waals surface area contributed by atoms with E-state index in [4.69, 9.17) is 5.73 Å². The van der Waals surface area contributed by atoms with Crippen LogP contribution in [-0.2, 0) is 19.0 Å². The predicted molar refractivity (Wildman–Crippen MR) is 79.0 cm³/mol. The molecule has 1 aliphatic heterocycles. The van der Waals surface area contributed by atoms with E-state index in [1.165, 1.54) is 17.7 Å². The third-order valence-electron chi connectivity index (χ3n) is 4.14. The van der Waals surface area contributed by atoms with E-state index in [9.17, 15) is 0 Å².